The SMILES string of the molecule is COC(C)(C)CCOC(=O)c1cc(C(F)(F)F)ccc1N. The second-order valence-electron chi connectivity index (χ2n) is 5.15. The zero-order valence-electron chi connectivity index (χ0n) is 12.1. The van der Waals surface area contributed by atoms with Crippen molar-refractivity contribution >= 4 is 11.7 Å². The molecule has 118 valence electrons. The maximum atomic E-state index is 12.6. The van der Waals surface area contributed by atoms with Crippen LogP contribution >= 0.6 is 0 Å². The highest BCUT2D eigenvalue weighted by Gasteiger charge is 2.31. The zero-order valence-corrected chi connectivity index (χ0v) is 12.1. The Balaban J connectivity index is 2.79. The normalized spacial score (nSPS) is 12.3. The van der Waals surface area contributed by atoms with Crippen LogP contribution in [0.4, 0.5) is 18.9 Å². The number of halogens is 3. The van der Waals surface area contributed by atoms with Gasteiger partial charge in [-0.15, -0.1) is 0 Å². The number of carbonyl (C=O) groups is 1. The highest BCUT2D eigenvalue weighted by molar-refractivity contribution is 5.95. The molecule has 0 fully saturated rings. The van der Waals surface area contributed by atoms with Crippen LogP contribution in [-0.2, 0) is 15.7 Å². The van der Waals surface area contributed by atoms with Crippen LogP contribution in [0.25, 0.3) is 0 Å². The minimum atomic E-state index is -4.54. The molecule has 0 unspecified atom stereocenters. The van der Waals surface area contributed by atoms with Crippen LogP contribution in [0.15, 0.2) is 18.2 Å². The van der Waals surface area contributed by atoms with E-state index in [1.54, 1.807) is 13.8 Å². The molecule has 1 aromatic carbocycles. The minimum absolute atomic E-state index is 0.0232. The summed E-state index contributed by atoms with van der Waals surface area (Å²) in [6, 6.07) is 2.55. The van der Waals surface area contributed by atoms with Crippen molar-refractivity contribution < 1.29 is 27.4 Å². The summed E-state index contributed by atoms with van der Waals surface area (Å²) in [5, 5.41) is 0. The highest BCUT2D eigenvalue weighted by Crippen LogP contribution is 2.31. The Hall–Kier alpha value is -1.76. The minimum Gasteiger partial charge on any atom is -0.462 e. The molecule has 0 amide bonds. The van der Waals surface area contributed by atoms with Gasteiger partial charge in [0.15, 0.2) is 0 Å². The van der Waals surface area contributed by atoms with E-state index in [9.17, 15) is 18.0 Å². The Labute approximate surface area is 121 Å². The number of carbonyl (C=O) groups excluding carboxylic acids is 1. The smallest absolute Gasteiger partial charge is 0.416 e. The van der Waals surface area contributed by atoms with Gasteiger partial charge in [-0.05, 0) is 32.0 Å². The summed E-state index contributed by atoms with van der Waals surface area (Å²) >= 11 is 0. The van der Waals surface area contributed by atoms with Crippen LogP contribution in [-0.4, -0.2) is 25.3 Å². The molecule has 1 aromatic rings. The van der Waals surface area contributed by atoms with Gasteiger partial charge in [-0.2, -0.15) is 13.2 Å². The third-order valence-electron chi connectivity index (χ3n) is 3.09. The van der Waals surface area contributed by atoms with Crippen LogP contribution in [0.3, 0.4) is 0 Å². The zero-order chi connectivity index (χ0) is 16.3. The number of nitrogens with two attached hydrogens (primary N) is 1. The van der Waals surface area contributed by atoms with Gasteiger partial charge in [0.25, 0.3) is 0 Å². The number of alkyl halides is 3. The van der Waals surface area contributed by atoms with Crippen LogP contribution in [0.5, 0.6) is 0 Å². The topological polar surface area (TPSA) is 61.5 Å². The lowest BCUT2D eigenvalue weighted by Crippen LogP contribution is -2.25. The number of esters is 1. The van der Waals surface area contributed by atoms with Crippen molar-refractivity contribution in [2.24, 2.45) is 0 Å². The van der Waals surface area contributed by atoms with Crippen LogP contribution in [0.1, 0.15) is 36.2 Å². The number of rotatable bonds is 5. The Kier molecular flexibility index (Phi) is 5.22. The number of nitrogen functional groups attached to an aromatic ring is 1. The quantitative estimate of drug-likeness (QED) is 0.670. The van der Waals surface area contributed by atoms with Gasteiger partial charge >= 0.3 is 12.1 Å². The van der Waals surface area contributed by atoms with E-state index >= 15 is 0 Å². The summed E-state index contributed by atoms with van der Waals surface area (Å²) in [4.78, 5) is 11.8. The van der Waals surface area contributed by atoms with Gasteiger partial charge in [0.2, 0.25) is 0 Å². The number of anilines is 1. The molecule has 1 rings (SSSR count). The van der Waals surface area contributed by atoms with Gasteiger partial charge in [0.1, 0.15) is 0 Å². The van der Waals surface area contributed by atoms with Gasteiger partial charge in [-0.25, -0.2) is 4.79 Å². The summed E-state index contributed by atoms with van der Waals surface area (Å²) in [6.45, 7) is 3.63. The van der Waals surface area contributed by atoms with E-state index in [0.29, 0.717) is 12.5 Å². The molecular formula is C14H18F3NO3. The second-order valence-corrected chi connectivity index (χ2v) is 5.15. The third kappa shape index (κ3) is 4.93. The number of hydrogen-bond acceptors (Lipinski definition) is 4. The number of ether oxygens (including phenoxy) is 2. The van der Waals surface area contributed by atoms with E-state index in [1.807, 2.05) is 0 Å². The van der Waals surface area contributed by atoms with Crippen molar-refractivity contribution in [3.05, 3.63) is 29.3 Å². The predicted molar refractivity (Wildman–Crippen MR) is 71.8 cm³/mol. The third-order valence-corrected chi connectivity index (χ3v) is 3.09. The number of benzene rings is 1. The fourth-order valence-electron chi connectivity index (χ4n) is 1.48. The maximum absolute atomic E-state index is 12.6. The first-order valence-corrected chi connectivity index (χ1v) is 6.26. The lowest BCUT2D eigenvalue weighted by atomic mass is 10.1. The summed E-state index contributed by atoms with van der Waals surface area (Å²) in [5.74, 6) is -0.884. The van der Waals surface area contributed by atoms with Gasteiger partial charge in [-0.3, -0.25) is 0 Å². The van der Waals surface area contributed by atoms with Crippen molar-refractivity contribution in [2.75, 3.05) is 19.5 Å². The Morgan fingerprint density at radius 1 is 1.29 bits per heavy atom. The first-order valence-electron chi connectivity index (χ1n) is 6.26. The maximum Gasteiger partial charge on any atom is 0.416 e. The second kappa shape index (κ2) is 6.34. The monoisotopic (exact) mass is 305 g/mol. The summed E-state index contributed by atoms with van der Waals surface area (Å²) in [5.41, 5.74) is 3.75. The first-order chi connectivity index (χ1) is 9.57. The molecule has 0 saturated heterocycles. The fourth-order valence-corrected chi connectivity index (χ4v) is 1.48. The van der Waals surface area contributed by atoms with Crippen LogP contribution in [0, 0.1) is 0 Å². The van der Waals surface area contributed by atoms with E-state index < -0.39 is 23.3 Å². The molecule has 21 heavy (non-hydrogen) atoms. The molecule has 0 bridgehead atoms. The largest absolute Gasteiger partial charge is 0.462 e. The molecule has 0 atom stereocenters. The lowest BCUT2D eigenvalue weighted by Gasteiger charge is -2.22. The Morgan fingerprint density at radius 2 is 1.90 bits per heavy atom. The van der Waals surface area contributed by atoms with Crippen molar-refractivity contribution in [1.82, 2.24) is 0 Å². The molecule has 0 heterocycles. The molecule has 4 nitrogen and oxygen atoms in total. The van der Waals surface area contributed by atoms with Crippen molar-refractivity contribution in [1.29, 1.82) is 0 Å². The van der Waals surface area contributed by atoms with Gasteiger partial charge < -0.3 is 15.2 Å². The van der Waals surface area contributed by atoms with E-state index in [4.69, 9.17) is 15.2 Å². The van der Waals surface area contributed by atoms with Crippen molar-refractivity contribution in [3.63, 3.8) is 0 Å². The Morgan fingerprint density at radius 3 is 2.43 bits per heavy atom. The summed E-state index contributed by atoms with van der Waals surface area (Å²) in [7, 11) is 1.52. The molecule has 0 saturated carbocycles. The lowest BCUT2D eigenvalue weighted by molar-refractivity contribution is -0.137. The molecule has 0 aliphatic heterocycles. The molecular weight excluding hydrogens is 287 g/mol. The van der Waals surface area contributed by atoms with E-state index in [1.165, 1.54) is 7.11 Å². The fraction of sp³-hybridized carbons (Fsp3) is 0.500. The number of hydrogen-bond donors (Lipinski definition) is 1. The van der Waals surface area contributed by atoms with E-state index in [-0.39, 0.29) is 17.9 Å². The summed E-state index contributed by atoms with van der Waals surface area (Å²) < 4.78 is 47.9. The van der Waals surface area contributed by atoms with E-state index in [0.717, 1.165) is 12.1 Å². The molecule has 0 aliphatic carbocycles. The molecule has 0 aliphatic rings. The number of methoxy groups -OCH3 is 1. The highest BCUT2D eigenvalue weighted by atomic mass is 19.4. The first kappa shape index (κ1) is 17.3. The molecule has 2 N–H and O–H groups in total. The predicted octanol–water partition coefficient (Wildman–Crippen LogP) is 3.26. The standard InChI is InChI=1S/C14H18F3NO3/c1-13(2,20-3)6-7-21-12(19)10-8-9(14(15,16)17)4-5-11(10)18/h4-5,8H,6-7,18H2,1-3H3. The van der Waals surface area contributed by atoms with Gasteiger partial charge in [0.05, 0.1) is 23.3 Å². The molecule has 0 spiro atoms. The van der Waals surface area contributed by atoms with E-state index in [2.05, 4.69) is 0 Å². The van der Waals surface area contributed by atoms with Gasteiger partial charge in [0, 0.05) is 19.2 Å². The average molecular weight is 305 g/mol. The average Bonchev–Trinajstić information content (AvgIpc) is 2.37. The van der Waals surface area contributed by atoms with Crippen molar-refractivity contribution in [2.45, 2.75) is 32.0 Å². The van der Waals surface area contributed by atoms with Crippen LogP contribution in [0.2, 0.25) is 0 Å². The van der Waals surface area contributed by atoms with Crippen molar-refractivity contribution in [3.8, 4) is 0 Å². The van der Waals surface area contributed by atoms with Gasteiger partial charge in [-0.1, -0.05) is 0 Å². The summed E-state index contributed by atoms with van der Waals surface area (Å²) in [6.07, 6.45) is -4.13. The molecule has 0 aromatic heterocycles. The Bertz CT molecular complexity index is 513. The van der Waals surface area contributed by atoms with Crippen LogP contribution < -0.4 is 5.73 Å². The molecule has 7 heteroatoms. The molecule has 0 radical (unpaired) electrons.